The van der Waals surface area contributed by atoms with Crippen molar-refractivity contribution in [2.24, 2.45) is 5.92 Å². The van der Waals surface area contributed by atoms with Crippen molar-refractivity contribution in [2.45, 2.75) is 31.6 Å². The molecule has 2 aromatic heterocycles. The molecule has 1 aliphatic carbocycles. The maximum absolute atomic E-state index is 11.6. The summed E-state index contributed by atoms with van der Waals surface area (Å²) in [6.07, 6.45) is 1.85. The van der Waals surface area contributed by atoms with Gasteiger partial charge in [-0.05, 0) is 12.8 Å². The zero-order chi connectivity index (χ0) is 15.2. The minimum Gasteiger partial charge on any atom is -0.369 e. The van der Waals surface area contributed by atoms with E-state index in [0.29, 0.717) is 18.5 Å². The summed E-state index contributed by atoms with van der Waals surface area (Å²) in [5, 5.41) is 27.0. The Labute approximate surface area is 117 Å². The number of nitrogens with zero attached hydrogens (tertiary/aromatic N) is 3. The van der Waals surface area contributed by atoms with Crippen LogP contribution in [0.2, 0.25) is 0 Å². The Morgan fingerprint density at radius 1 is 1.48 bits per heavy atom. The molecule has 10 heteroatoms. The molecule has 0 bridgehead atoms. The standard InChI is InChI=1S/C11H15N5O5/c12-10-14-8-7(9(17)15-10)13-3-16(8)4-21-6-1-5(2-6)11(18,19)20/h3,5-6,18-20H,1-2,4H2,(H3,12,14,15,17). The van der Waals surface area contributed by atoms with Crippen LogP contribution in [0.1, 0.15) is 12.8 Å². The van der Waals surface area contributed by atoms with Crippen LogP contribution in [0.3, 0.4) is 0 Å². The molecule has 1 fully saturated rings. The number of imidazole rings is 1. The lowest BCUT2D eigenvalue weighted by atomic mass is 9.80. The molecule has 114 valence electrons. The molecule has 0 unspecified atom stereocenters. The maximum Gasteiger partial charge on any atom is 0.280 e. The molecule has 0 aliphatic heterocycles. The molecule has 0 saturated heterocycles. The highest BCUT2D eigenvalue weighted by molar-refractivity contribution is 5.70. The van der Waals surface area contributed by atoms with Gasteiger partial charge in [0.05, 0.1) is 12.4 Å². The maximum atomic E-state index is 11.6. The molecule has 2 aromatic rings. The summed E-state index contributed by atoms with van der Waals surface area (Å²) in [5.41, 5.74) is 5.53. The van der Waals surface area contributed by atoms with E-state index in [1.54, 1.807) is 0 Å². The van der Waals surface area contributed by atoms with Gasteiger partial charge in [0, 0.05) is 5.92 Å². The summed E-state index contributed by atoms with van der Waals surface area (Å²) in [5.74, 6) is -3.30. The lowest BCUT2D eigenvalue weighted by Crippen LogP contribution is -2.48. The molecular weight excluding hydrogens is 282 g/mol. The molecule has 1 saturated carbocycles. The Balaban J connectivity index is 1.66. The molecule has 0 aromatic carbocycles. The number of nitrogens with two attached hydrogens (primary N) is 1. The van der Waals surface area contributed by atoms with E-state index in [0.717, 1.165) is 0 Å². The van der Waals surface area contributed by atoms with Crippen LogP contribution in [0.4, 0.5) is 5.95 Å². The number of aromatic nitrogens is 4. The van der Waals surface area contributed by atoms with E-state index in [1.807, 2.05) is 0 Å². The minimum atomic E-state index is -2.66. The third-order valence-corrected chi connectivity index (χ3v) is 3.58. The van der Waals surface area contributed by atoms with Crippen LogP contribution in [-0.2, 0) is 11.5 Å². The summed E-state index contributed by atoms with van der Waals surface area (Å²) in [6, 6.07) is 0. The minimum absolute atomic E-state index is 0.0106. The quantitative estimate of drug-likeness (QED) is 0.408. The zero-order valence-corrected chi connectivity index (χ0v) is 10.9. The molecule has 0 atom stereocenters. The van der Waals surface area contributed by atoms with Gasteiger partial charge < -0.3 is 25.8 Å². The van der Waals surface area contributed by atoms with Gasteiger partial charge in [-0.25, -0.2) is 4.98 Å². The molecule has 6 N–H and O–H groups in total. The van der Waals surface area contributed by atoms with E-state index in [-0.39, 0.29) is 24.3 Å². The van der Waals surface area contributed by atoms with Crippen molar-refractivity contribution < 1.29 is 20.1 Å². The van der Waals surface area contributed by atoms with Crippen molar-refractivity contribution in [3.63, 3.8) is 0 Å². The van der Waals surface area contributed by atoms with Crippen molar-refractivity contribution in [1.82, 2.24) is 19.5 Å². The van der Waals surface area contributed by atoms with Crippen LogP contribution in [0.5, 0.6) is 0 Å². The Bertz CT molecular complexity index is 712. The first-order chi connectivity index (χ1) is 9.84. The van der Waals surface area contributed by atoms with Gasteiger partial charge in [-0.2, -0.15) is 4.98 Å². The number of ether oxygens (including phenoxy) is 1. The number of fused-ring (bicyclic) bond motifs is 1. The van der Waals surface area contributed by atoms with Crippen molar-refractivity contribution in [3.8, 4) is 0 Å². The third kappa shape index (κ3) is 2.61. The number of H-pyrrole nitrogens is 1. The molecule has 3 rings (SSSR count). The van der Waals surface area contributed by atoms with Gasteiger partial charge in [-0.1, -0.05) is 0 Å². The second-order valence-electron chi connectivity index (χ2n) is 5.11. The number of hydrogen-bond donors (Lipinski definition) is 5. The van der Waals surface area contributed by atoms with Crippen molar-refractivity contribution in [3.05, 3.63) is 16.7 Å². The summed E-state index contributed by atoms with van der Waals surface area (Å²) in [4.78, 5) is 21.9. The van der Waals surface area contributed by atoms with Gasteiger partial charge in [0.25, 0.3) is 11.5 Å². The number of rotatable bonds is 4. The van der Waals surface area contributed by atoms with Crippen LogP contribution in [0, 0.1) is 5.92 Å². The van der Waals surface area contributed by atoms with E-state index >= 15 is 0 Å². The first kappa shape index (κ1) is 13.9. The average molecular weight is 297 g/mol. The fourth-order valence-corrected chi connectivity index (χ4v) is 2.27. The average Bonchev–Trinajstić information content (AvgIpc) is 2.68. The van der Waals surface area contributed by atoms with Crippen molar-refractivity contribution in [1.29, 1.82) is 0 Å². The van der Waals surface area contributed by atoms with E-state index in [4.69, 9.17) is 25.8 Å². The number of nitrogens with one attached hydrogen (secondary N) is 1. The van der Waals surface area contributed by atoms with Gasteiger partial charge in [0.1, 0.15) is 6.73 Å². The van der Waals surface area contributed by atoms with Gasteiger partial charge >= 0.3 is 0 Å². The lowest BCUT2D eigenvalue weighted by molar-refractivity contribution is -0.362. The van der Waals surface area contributed by atoms with Crippen LogP contribution >= 0.6 is 0 Å². The first-order valence-corrected chi connectivity index (χ1v) is 6.34. The molecule has 10 nitrogen and oxygen atoms in total. The van der Waals surface area contributed by atoms with Crippen molar-refractivity contribution >= 4 is 17.1 Å². The Morgan fingerprint density at radius 3 is 2.86 bits per heavy atom. The lowest BCUT2D eigenvalue weighted by Gasteiger charge is -2.39. The largest absolute Gasteiger partial charge is 0.369 e. The van der Waals surface area contributed by atoms with Gasteiger partial charge in [0.15, 0.2) is 11.2 Å². The number of hydrogen-bond acceptors (Lipinski definition) is 8. The number of aromatic amines is 1. The fourth-order valence-electron chi connectivity index (χ4n) is 2.27. The molecule has 0 radical (unpaired) electrons. The van der Waals surface area contributed by atoms with Crippen LogP contribution < -0.4 is 11.3 Å². The van der Waals surface area contributed by atoms with Crippen molar-refractivity contribution in [2.75, 3.05) is 5.73 Å². The summed E-state index contributed by atoms with van der Waals surface area (Å²) in [6.45, 7) is 0.0963. The highest BCUT2D eigenvalue weighted by Gasteiger charge is 2.43. The SMILES string of the molecule is Nc1nc2c(ncn2COC2CC(C(O)(O)O)C2)c(=O)[nH]1. The van der Waals surface area contributed by atoms with Gasteiger partial charge in [-0.15, -0.1) is 0 Å². The Hall–Kier alpha value is -2.01. The van der Waals surface area contributed by atoms with E-state index in [1.165, 1.54) is 10.9 Å². The first-order valence-electron chi connectivity index (χ1n) is 6.34. The van der Waals surface area contributed by atoms with Gasteiger partial charge in [-0.3, -0.25) is 14.3 Å². The molecule has 21 heavy (non-hydrogen) atoms. The predicted molar refractivity (Wildman–Crippen MR) is 69.5 cm³/mol. The monoisotopic (exact) mass is 297 g/mol. The highest BCUT2D eigenvalue weighted by Crippen LogP contribution is 2.36. The summed E-state index contributed by atoms with van der Waals surface area (Å²) >= 11 is 0. The highest BCUT2D eigenvalue weighted by atomic mass is 16.7. The number of aliphatic hydroxyl groups is 3. The molecule has 2 heterocycles. The molecule has 0 amide bonds. The number of nitrogen functional groups attached to an aromatic ring is 1. The van der Waals surface area contributed by atoms with Crippen LogP contribution in [-0.4, -0.2) is 46.9 Å². The summed E-state index contributed by atoms with van der Waals surface area (Å²) < 4.78 is 7.06. The van der Waals surface area contributed by atoms with E-state index in [9.17, 15) is 4.79 Å². The van der Waals surface area contributed by atoms with Crippen LogP contribution in [0.15, 0.2) is 11.1 Å². The second kappa shape index (κ2) is 4.77. The van der Waals surface area contributed by atoms with Crippen LogP contribution in [0.25, 0.3) is 11.2 Å². The number of anilines is 1. The topological polar surface area (TPSA) is 160 Å². The molecule has 1 aliphatic rings. The molecule has 0 spiro atoms. The normalized spacial score (nSPS) is 22.4. The van der Waals surface area contributed by atoms with E-state index < -0.39 is 17.5 Å². The Morgan fingerprint density at radius 2 is 2.19 bits per heavy atom. The zero-order valence-electron chi connectivity index (χ0n) is 10.9. The van der Waals surface area contributed by atoms with Gasteiger partial charge in [0.2, 0.25) is 5.95 Å². The summed E-state index contributed by atoms with van der Waals surface area (Å²) in [7, 11) is 0. The predicted octanol–water partition coefficient (Wildman–Crippen LogP) is -1.91. The second-order valence-corrected chi connectivity index (χ2v) is 5.11. The Kier molecular flexibility index (Phi) is 3.17. The third-order valence-electron chi connectivity index (χ3n) is 3.58. The smallest absolute Gasteiger partial charge is 0.280 e. The fraction of sp³-hybridized carbons (Fsp3) is 0.545. The molecular formula is C11H15N5O5. The van der Waals surface area contributed by atoms with E-state index in [2.05, 4.69) is 15.0 Å².